The molecule has 0 saturated heterocycles. The number of rotatable bonds is 9. The number of aryl methyl sites for hydroxylation is 1. The first kappa shape index (κ1) is 22.3. The van der Waals surface area contributed by atoms with E-state index in [0.717, 1.165) is 5.56 Å². The molecule has 0 fully saturated rings. The minimum Gasteiger partial charge on any atom is -0.465 e. The molecule has 2 heterocycles. The summed E-state index contributed by atoms with van der Waals surface area (Å²) in [4.78, 5) is 41.9. The van der Waals surface area contributed by atoms with Gasteiger partial charge in [-0.15, -0.1) is 0 Å². The molecule has 1 aromatic carbocycles. The molecule has 31 heavy (non-hydrogen) atoms. The Bertz CT molecular complexity index is 909. The van der Waals surface area contributed by atoms with Gasteiger partial charge in [0.05, 0.1) is 6.26 Å². The molecule has 0 aliphatic carbocycles. The maximum Gasteiger partial charge on any atom is 0.250 e. The van der Waals surface area contributed by atoms with E-state index in [1.54, 1.807) is 12.1 Å². The molecule has 1 aliphatic rings. The van der Waals surface area contributed by atoms with Gasteiger partial charge < -0.3 is 20.4 Å². The minimum atomic E-state index is -0.908. The molecule has 8 nitrogen and oxygen atoms in total. The number of benzene rings is 1. The molecule has 2 unspecified atom stereocenters. The molecule has 3 amide bonds. The molecular weight excluding hydrogens is 396 g/mol. The van der Waals surface area contributed by atoms with Crippen LogP contribution in [0.1, 0.15) is 44.2 Å². The highest BCUT2D eigenvalue weighted by Crippen LogP contribution is 2.17. The number of nitrogens with one attached hydrogen (secondary N) is 3. The van der Waals surface area contributed by atoms with Crippen LogP contribution in [0.2, 0.25) is 0 Å². The fraction of sp³-hybridized carbons (Fsp3) is 0.391. The van der Waals surface area contributed by atoms with Crippen molar-refractivity contribution >= 4 is 23.9 Å². The lowest BCUT2D eigenvalue weighted by atomic mass is 10.0. The first-order valence-electron chi connectivity index (χ1n) is 10.4. The molecule has 8 heteroatoms. The van der Waals surface area contributed by atoms with Crippen LogP contribution >= 0.6 is 0 Å². The summed E-state index contributed by atoms with van der Waals surface area (Å²) in [6, 6.07) is 11.5. The summed E-state index contributed by atoms with van der Waals surface area (Å²) in [6.45, 7) is 3.94. The average Bonchev–Trinajstić information content (AvgIpc) is 3.28. The average molecular weight is 425 g/mol. The van der Waals surface area contributed by atoms with Crippen LogP contribution in [-0.4, -0.2) is 36.0 Å². The van der Waals surface area contributed by atoms with Gasteiger partial charge in [-0.1, -0.05) is 44.2 Å². The predicted molar refractivity (Wildman–Crippen MR) is 116 cm³/mol. The van der Waals surface area contributed by atoms with E-state index >= 15 is 0 Å². The van der Waals surface area contributed by atoms with Gasteiger partial charge in [0.25, 0.3) is 0 Å². The van der Waals surface area contributed by atoms with Crippen molar-refractivity contribution in [3.63, 3.8) is 0 Å². The van der Waals surface area contributed by atoms with Gasteiger partial charge in [0, 0.05) is 12.6 Å². The summed E-state index contributed by atoms with van der Waals surface area (Å²) in [5.41, 5.74) is 1.06. The summed E-state index contributed by atoms with van der Waals surface area (Å²) in [6.07, 6.45) is 3.62. The summed E-state index contributed by atoms with van der Waals surface area (Å²) in [5.74, 6) is -0.308. The van der Waals surface area contributed by atoms with E-state index in [9.17, 15) is 14.4 Å². The lowest BCUT2D eigenvalue weighted by Gasteiger charge is -2.25. The summed E-state index contributed by atoms with van der Waals surface area (Å²) < 4.78 is 5.25. The molecule has 3 atom stereocenters. The second-order valence-electron chi connectivity index (χ2n) is 7.95. The number of amides is 3. The number of hydrogen-bond donors (Lipinski definition) is 3. The first-order valence-corrected chi connectivity index (χ1v) is 10.4. The van der Waals surface area contributed by atoms with Gasteiger partial charge in [0.15, 0.2) is 6.17 Å². The highest BCUT2D eigenvalue weighted by atomic mass is 16.3. The number of carbonyl (C=O) groups excluding carboxylic acids is 3. The summed E-state index contributed by atoms with van der Waals surface area (Å²) in [5, 5.41) is 8.19. The van der Waals surface area contributed by atoms with Crippen molar-refractivity contribution in [1.82, 2.24) is 16.0 Å². The maximum absolute atomic E-state index is 12.8. The zero-order chi connectivity index (χ0) is 22.2. The SMILES string of the molecule is CC(C)C[C@H](NC(=O)CCc1ccccc1)C(=O)NC1C=NC(c2ccco2)NC1=O. The maximum atomic E-state index is 12.8. The number of aliphatic imine (C=N–C) groups is 1. The van der Waals surface area contributed by atoms with Crippen molar-refractivity contribution in [2.75, 3.05) is 0 Å². The van der Waals surface area contributed by atoms with E-state index in [4.69, 9.17) is 4.42 Å². The third-order valence-corrected chi connectivity index (χ3v) is 4.90. The standard InChI is InChI=1S/C23H28N4O4/c1-15(2)13-17(25-20(28)11-10-16-7-4-3-5-8-16)22(29)26-18-14-24-21(27-23(18)30)19-9-6-12-31-19/h3-9,12,14-15,17-18,21H,10-11,13H2,1-2H3,(H,25,28)(H,26,29)(H,27,30)/t17-,18?,21?/m0/s1. The smallest absolute Gasteiger partial charge is 0.250 e. The zero-order valence-electron chi connectivity index (χ0n) is 17.7. The molecule has 0 radical (unpaired) electrons. The van der Waals surface area contributed by atoms with Gasteiger partial charge >= 0.3 is 0 Å². The van der Waals surface area contributed by atoms with Crippen molar-refractivity contribution in [1.29, 1.82) is 0 Å². The third kappa shape index (κ3) is 6.53. The molecule has 164 valence electrons. The van der Waals surface area contributed by atoms with Crippen LogP contribution in [0.3, 0.4) is 0 Å². The lowest BCUT2D eigenvalue weighted by Crippen LogP contribution is -2.56. The van der Waals surface area contributed by atoms with Crippen LogP contribution in [0, 0.1) is 5.92 Å². The molecule has 0 saturated carbocycles. The fourth-order valence-corrected chi connectivity index (χ4v) is 3.32. The highest BCUT2D eigenvalue weighted by Gasteiger charge is 2.30. The van der Waals surface area contributed by atoms with Gasteiger partial charge in [-0.25, -0.2) is 0 Å². The molecule has 2 aromatic rings. The molecule has 0 spiro atoms. The van der Waals surface area contributed by atoms with Gasteiger partial charge in [-0.3, -0.25) is 19.4 Å². The monoisotopic (exact) mass is 424 g/mol. The van der Waals surface area contributed by atoms with E-state index in [1.165, 1.54) is 12.5 Å². The first-order chi connectivity index (χ1) is 14.9. The van der Waals surface area contributed by atoms with E-state index in [-0.39, 0.29) is 24.2 Å². The van der Waals surface area contributed by atoms with Crippen LogP contribution in [0.25, 0.3) is 0 Å². The third-order valence-electron chi connectivity index (χ3n) is 4.90. The summed E-state index contributed by atoms with van der Waals surface area (Å²) in [7, 11) is 0. The van der Waals surface area contributed by atoms with E-state index < -0.39 is 24.2 Å². The van der Waals surface area contributed by atoms with Gasteiger partial charge in [-0.05, 0) is 36.5 Å². The lowest BCUT2D eigenvalue weighted by molar-refractivity contribution is -0.131. The van der Waals surface area contributed by atoms with Crippen molar-refractivity contribution in [3.05, 3.63) is 60.1 Å². The molecule has 1 aliphatic heterocycles. The molecule has 3 rings (SSSR count). The number of furan rings is 1. The van der Waals surface area contributed by atoms with E-state index in [1.807, 2.05) is 44.2 Å². The van der Waals surface area contributed by atoms with Gasteiger partial charge in [0.2, 0.25) is 17.7 Å². The number of nitrogens with zero attached hydrogens (tertiary/aromatic N) is 1. The van der Waals surface area contributed by atoms with E-state index in [2.05, 4.69) is 20.9 Å². The Labute approximate surface area is 181 Å². The Balaban J connectivity index is 1.57. The van der Waals surface area contributed by atoms with Crippen molar-refractivity contribution in [2.24, 2.45) is 10.9 Å². The van der Waals surface area contributed by atoms with Crippen LogP contribution in [0.15, 0.2) is 58.1 Å². The Morgan fingerprint density at radius 3 is 2.58 bits per heavy atom. The second-order valence-corrected chi connectivity index (χ2v) is 7.95. The Morgan fingerprint density at radius 2 is 1.94 bits per heavy atom. The van der Waals surface area contributed by atoms with Crippen LogP contribution in [0.5, 0.6) is 0 Å². The quantitative estimate of drug-likeness (QED) is 0.572. The Hall–Kier alpha value is -3.42. The number of carbonyl (C=O) groups is 3. The van der Waals surface area contributed by atoms with E-state index in [0.29, 0.717) is 18.6 Å². The van der Waals surface area contributed by atoms with Gasteiger partial charge in [0.1, 0.15) is 17.8 Å². The van der Waals surface area contributed by atoms with Crippen molar-refractivity contribution in [2.45, 2.75) is 51.4 Å². The van der Waals surface area contributed by atoms with Crippen molar-refractivity contribution < 1.29 is 18.8 Å². The molecule has 1 aromatic heterocycles. The second kappa shape index (κ2) is 10.6. The molecule has 0 bridgehead atoms. The summed E-state index contributed by atoms with van der Waals surface area (Å²) >= 11 is 0. The normalized spacial score (nSPS) is 19.0. The van der Waals surface area contributed by atoms with Crippen LogP contribution in [0.4, 0.5) is 0 Å². The predicted octanol–water partition coefficient (Wildman–Crippen LogP) is 2.13. The van der Waals surface area contributed by atoms with Crippen molar-refractivity contribution in [3.8, 4) is 0 Å². The number of hydrogen-bond acceptors (Lipinski definition) is 5. The minimum absolute atomic E-state index is 0.183. The van der Waals surface area contributed by atoms with Crippen LogP contribution < -0.4 is 16.0 Å². The molecular formula is C23H28N4O4. The molecule has 3 N–H and O–H groups in total. The van der Waals surface area contributed by atoms with Crippen LogP contribution in [-0.2, 0) is 20.8 Å². The highest BCUT2D eigenvalue weighted by molar-refractivity contribution is 6.03. The zero-order valence-corrected chi connectivity index (χ0v) is 17.7. The Morgan fingerprint density at radius 1 is 1.16 bits per heavy atom. The fourth-order valence-electron chi connectivity index (χ4n) is 3.32. The largest absolute Gasteiger partial charge is 0.465 e. The van der Waals surface area contributed by atoms with Gasteiger partial charge in [-0.2, -0.15) is 0 Å². The Kier molecular flexibility index (Phi) is 7.59. The topological polar surface area (TPSA) is 113 Å².